The average Bonchev–Trinajstić information content (AvgIpc) is 3.69. The zero-order valence-electron chi connectivity index (χ0n) is 27.0. The summed E-state index contributed by atoms with van der Waals surface area (Å²) in [6.07, 6.45) is 6.89. The number of urea groups is 1. The molecule has 2 N–H and O–H groups in total. The second-order valence-electron chi connectivity index (χ2n) is 12.2. The van der Waals surface area contributed by atoms with E-state index < -0.39 is 30.1 Å². The summed E-state index contributed by atoms with van der Waals surface area (Å²) < 4.78 is 12.1. The van der Waals surface area contributed by atoms with Gasteiger partial charge < -0.3 is 29.7 Å². The Morgan fingerprint density at radius 2 is 1.91 bits per heavy atom. The van der Waals surface area contributed by atoms with Gasteiger partial charge in [-0.15, -0.1) is 11.3 Å². The number of fused-ring (bicyclic) bond motifs is 2. The van der Waals surface area contributed by atoms with Gasteiger partial charge in [0.25, 0.3) is 0 Å². The molecule has 1 fully saturated rings. The number of thiazole rings is 1. The second-order valence-corrected chi connectivity index (χ2v) is 13.0. The standard InChI is InChI=1S/C33H42N6O6S/c1-19(2)24-18-46-31(35-24)28-36-27-20(3)26(44-5)14-13-22(27)30(37-28)45-21-16-25-29(40)34-23(32(41)42)12-10-8-6-7-9-11-15-38(4)33(43)39(25)17-21/h6,8,13-14,18-19,21,23,25H,7,9-12,15-17H2,1-5H3,(H,34,40)(H,41,42). The first-order valence-electron chi connectivity index (χ1n) is 15.7. The first kappa shape index (κ1) is 33.1. The van der Waals surface area contributed by atoms with E-state index in [4.69, 9.17) is 24.4 Å². The summed E-state index contributed by atoms with van der Waals surface area (Å²) in [5.41, 5.74) is 2.41. The van der Waals surface area contributed by atoms with E-state index >= 15 is 0 Å². The molecule has 46 heavy (non-hydrogen) atoms. The molecule has 13 heteroatoms. The first-order chi connectivity index (χ1) is 22.1. The summed E-state index contributed by atoms with van der Waals surface area (Å²) in [6, 6.07) is 1.38. The van der Waals surface area contributed by atoms with E-state index in [2.05, 4.69) is 19.2 Å². The van der Waals surface area contributed by atoms with Crippen LogP contribution in [0.3, 0.4) is 0 Å². The van der Waals surface area contributed by atoms with Crippen molar-refractivity contribution in [3.8, 4) is 22.5 Å². The van der Waals surface area contributed by atoms with Crippen molar-refractivity contribution in [3.05, 3.63) is 40.9 Å². The van der Waals surface area contributed by atoms with Gasteiger partial charge in [0, 0.05) is 31.0 Å². The number of hydrogen-bond acceptors (Lipinski definition) is 9. The highest BCUT2D eigenvalue weighted by Crippen LogP contribution is 2.36. The molecule has 3 aromatic rings. The van der Waals surface area contributed by atoms with Gasteiger partial charge in [-0.25, -0.2) is 19.6 Å². The van der Waals surface area contributed by atoms with Crippen LogP contribution in [0, 0.1) is 6.92 Å². The van der Waals surface area contributed by atoms with Crippen LogP contribution in [-0.2, 0) is 9.59 Å². The number of aliphatic carboxylic acids is 1. The predicted molar refractivity (Wildman–Crippen MR) is 175 cm³/mol. The number of carboxylic acids is 1. The summed E-state index contributed by atoms with van der Waals surface area (Å²) in [5, 5.41) is 15.8. The molecule has 0 saturated carbocycles. The second kappa shape index (κ2) is 14.4. The van der Waals surface area contributed by atoms with Crippen LogP contribution in [0.15, 0.2) is 29.7 Å². The minimum atomic E-state index is -1.11. The van der Waals surface area contributed by atoms with Crippen LogP contribution in [0.25, 0.3) is 21.7 Å². The predicted octanol–water partition coefficient (Wildman–Crippen LogP) is 5.16. The molecule has 2 aliphatic rings. The summed E-state index contributed by atoms with van der Waals surface area (Å²) in [6.45, 7) is 6.74. The highest BCUT2D eigenvalue weighted by molar-refractivity contribution is 7.13. The number of allylic oxidation sites excluding steroid dienone is 2. The van der Waals surface area contributed by atoms with Crippen molar-refractivity contribution in [1.29, 1.82) is 0 Å². The van der Waals surface area contributed by atoms with E-state index in [-0.39, 0.29) is 31.3 Å². The molecule has 0 bridgehead atoms. The normalized spacial score (nSPS) is 21.6. The van der Waals surface area contributed by atoms with Crippen LogP contribution >= 0.6 is 11.3 Å². The molecule has 0 aliphatic carbocycles. The third-order valence-electron chi connectivity index (χ3n) is 8.50. The lowest BCUT2D eigenvalue weighted by molar-refractivity contribution is -0.142. The van der Waals surface area contributed by atoms with Gasteiger partial charge in [0.15, 0.2) is 10.8 Å². The van der Waals surface area contributed by atoms with Crippen LogP contribution < -0.4 is 14.8 Å². The number of nitrogens with zero attached hydrogens (tertiary/aromatic N) is 5. The van der Waals surface area contributed by atoms with Crippen LogP contribution in [0.4, 0.5) is 4.79 Å². The maximum absolute atomic E-state index is 13.7. The van der Waals surface area contributed by atoms with Gasteiger partial charge in [-0.05, 0) is 57.1 Å². The quantitative estimate of drug-likeness (QED) is 0.346. The minimum Gasteiger partial charge on any atom is -0.496 e. The number of rotatable bonds is 6. The molecule has 0 radical (unpaired) electrons. The lowest BCUT2D eigenvalue weighted by Crippen LogP contribution is -2.53. The molecule has 4 heterocycles. The van der Waals surface area contributed by atoms with Crippen molar-refractivity contribution in [3.63, 3.8) is 0 Å². The number of aryl methyl sites for hydroxylation is 1. The lowest BCUT2D eigenvalue weighted by atomic mass is 10.1. The van der Waals surface area contributed by atoms with E-state index in [1.807, 2.05) is 36.6 Å². The van der Waals surface area contributed by atoms with Crippen molar-refractivity contribution in [2.45, 2.75) is 83.4 Å². The Labute approximate surface area is 272 Å². The SMILES string of the molecule is COc1ccc2c(OC3CC4C(=O)NC(C(=O)O)CCC=CCCCCN(C)C(=O)N4C3)nc(-c3nc(C(C)C)cs3)nc2c1C. The fourth-order valence-corrected chi connectivity index (χ4v) is 6.71. The third kappa shape index (κ3) is 7.24. The van der Waals surface area contributed by atoms with E-state index in [0.29, 0.717) is 46.3 Å². The summed E-state index contributed by atoms with van der Waals surface area (Å²) in [7, 11) is 3.33. The van der Waals surface area contributed by atoms with Crippen LogP contribution in [-0.4, -0.2) is 93.2 Å². The van der Waals surface area contributed by atoms with Crippen molar-refractivity contribution in [2.24, 2.45) is 0 Å². The zero-order valence-corrected chi connectivity index (χ0v) is 27.8. The molecule has 3 amide bonds. The number of carbonyl (C=O) groups excluding carboxylic acids is 2. The van der Waals surface area contributed by atoms with Crippen molar-refractivity contribution >= 4 is 40.1 Å². The van der Waals surface area contributed by atoms with Gasteiger partial charge in [-0.3, -0.25) is 4.79 Å². The number of carboxylic acid groups (broad SMARTS) is 1. The van der Waals surface area contributed by atoms with Gasteiger partial charge in [0.2, 0.25) is 11.8 Å². The number of amides is 3. The lowest BCUT2D eigenvalue weighted by Gasteiger charge is -2.29. The summed E-state index contributed by atoms with van der Waals surface area (Å²) in [4.78, 5) is 56.8. The number of hydrogen-bond donors (Lipinski definition) is 2. The number of carbonyl (C=O) groups is 3. The highest BCUT2D eigenvalue weighted by atomic mass is 32.1. The number of nitrogens with one attached hydrogen (secondary N) is 1. The fourth-order valence-electron chi connectivity index (χ4n) is 5.80. The summed E-state index contributed by atoms with van der Waals surface area (Å²) >= 11 is 1.46. The molecule has 5 rings (SSSR count). The van der Waals surface area contributed by atoms with E-state index in [9.17, 15) is 19.5 Å². The molecule has 1 saturated heterocycles. The third-order valence-corrected chi connectivity index (χ3v) is 9.35. The molecule has 246 valence electrons. The van der Waals surface area contributed by atoms with E-state index in [1.54, 1.807) is 19.1 Å². The molecular formula is C33H42N6O6S. The van der Waals surface area contributed by atoms with Gasteiger partial charge in [0.1, 0.15) is 23.9 Å². The first-order valence-corrected chi connectivity index (χ1v) is 16.6. The van der Waals surface area contributed by atoms with Crippen molar-refractivity contribution < 1.29 is 29.0 Å². The van der Waals surface area contributed by atoms with Gasteiger partial charge >= 0.3 is 12.0 Å². The number of ether oxygens (including phenoxy) is 2. The van der Waals surface area contributed by atoms with Crippen LogP contribution in [0.2, 0.25) is 0 Å². The Balaban J connectivity index is 1.49. The molecular weight excluding hydrogens is 608 g/mol. The van der Waals surface area contributed by atoms with Gasteiger partial charge in [-0.2, -0.15) is 4.98 Å². The maximum atomic E-state index is 13.7. The Morgan fingerprint density at radius 1 is 1.13 bits per heavy atom. The molecule has 1 aromatic carbocycles. The summed E-state index contributed by atoms with van der Waals surface area (Å²) in [5.74, 6) is 0.0148. The monoisotopic (exact) mass is 650 g/mol. The molecule has 2 aliphatic heterocycles. The number of benzene rings is 1. The maximum Gasteiger partial charge on any atom is 0.326 e. The van der Waals surface area contributed by atoms with E-state index in [1.165, 1.54) is 16.2 Å². The van der Waals surface area contributed by atoms with Gasteiger partial charge in [0.05, 0.1) is 30.3 Å². The Hall–Kier alpha value is -4.26. The largest absolute Gasteiger partial charge is 0.496 e. The molecule has 3 atom stereocenters. The Kier molecular flexibility index (Phi) is 10.4. The van der Waals surface area contributed by atoms with Crippen molar-refractivity contribution in [1.82, 2.24) is 30.1 Å². The highest BCUT2D eigenvalue weighted by Gasteiger charge is 2.43. The average molecular weight is 651 g/mol. The fraction of sp³-hybridized carbons (Fsp3) is 0.515. The minimum absolute atomic E-state index is 0.130. The zero-order chi connectivity index (χ0) is 33.0. The molecule has 12 nitrogen and oxygen atoms in total. The molecule has 2 aromatic heterocycles. The van der Waals surface area contributed by atoms with Crippen molar-refractivity contribution in [2.75, 3.05) is 27.2 Å². The van der Waals surface area contributed by atoms with E-state index in [0.717, 1.165) is 30.5 Å². The number of methoxy groups -OCH3 is 1. The smallest absolute Gasteiger partial charge is 0.326 e. The number of aromatic nitrogens is 3. The topological polar surface area (TPSA) is 147 Å². The Morgan fingerprint density at radius 3 is 2.63 bits per heavy atom. The van der Waals surface area contributed by atoms with Gasteiger partial charge in [-0.1, -0.05) is 26.0 Å². The van der Waals surface area contributed by atoms with Crippen LogP contribution in [0.1, 0.15) is 69.5 Å². The Bertz CT molecular complexity index is 1620. The molecule has 3 unspecified atom stereocenters. The molecule has 0 spiro atoms. The van der Waals surface area contributed by atoms with Crippen LogP contribution in [0.5, 0.6) is 11.6 Å².